The van der Waals surface area contributed by atoms with Crippen molar-refractivity contribution in [1.29, 1.82) is 0 Å². The van der Waals surface area contributed by atoms with E-state index in [-0.39, 0.29) is 5.91 Å². The van der Waals surface area contributed by atoms with Gasteiger partial charge in [0.05, 0.1) is 11.8 Å². The minimum atomic E-state index is -0.176. The molecule has 0 spiro atoms. The molecule has 1 heterocycles. The predicted molar refractivity (Wildman–Crippen MR) is 62.0 cm³/mol. The van der Waals surface area contributed by atoms with Gasteiger partial charge in [0.25, 0.3) is 5.91 Å². The van der Waals surface area contributed by atoms with E-state index in [4.69, 9.17) is 9.95 Å². The molecule has 0 atom stereocenters. The molecule has 1 amide bonds. The molecule has 0 aliphatic carbocycles. The van der Waals surface area contributed by atoms with Crippen LogP contribution in [0.15, 0.2) is 26.5 Å². The molecule has 1 rings (SSSR count). The van der Waals surface area contributed by atoms with Crippen molar-refractivity contribution < 1.29 is 9.21 Å². The first kappa shape index (κ1) is 12.6. The Balaban J connectivity index is 2.21. The Bertz CT molecular complexity index is 398. The molecule has 0 saturated heterocycles. The van der Waals surface area contributed by atoms with Crippen LogP contribution in [0.4, 0.5) is 0 Å². The lowest BCUT2D eigenvalue weighted by molar-refractivity contribution is 0.0951. The summed E-state index contributed by atoms with van der Waals surface area (Å²) >= 11 is 3.13. The van der Waals surface area contributed by atoms with Crippen LogP contribution in [-0.2, 0) is 0 Å². The Hall–Kier alpha value is -1.46. The molecule has 86 valence electrons. The minimum Gasteiger partial charge on any atom is -0.457 e. The average Bonchev–Trinajstić information content (AvgIpc) is 2.69. The van der Waals surface area contributed by atoms with Crippen LogP contribution >= 0.6 is 15.9 Å². The van der Waals surface area contributed by atoms with Gasteiger partial charge in [-0.25, -0.2) is 0 Å². The molecule has 0 saturated carbocycles. The van der Waals surface area contributed by atoms with E-state index < -0.39 is 0 Å². The van der Waals surface area contributed by atoms with Crippen LogP contribution in [-0.4, -0.2) is 19.0 Å². The third-order valence-electron chi connectivity index (χ3n) is 1.90. The number of halogens is 1. The van der Waals surface area contributed by atoms with Crippen molar-refractivity contribution >= 4 is 21.8 Å². The van der Waals surface area contributed by atoms with E-state index in [1.165, 1.54) is 6.26 Å². The van der Waals surface area contributed by atoms with Crippen LogP contribution in [0.3, 0.4) is 0 Å². The summed E-state index contributed by atoms with van der Waals surface area (Å²) in [4.78, 5) is 14.2. The number of nitrogens with zero attached hydrogens (tertiary/aromatic N) is 3. The first-order chi connectivity index (χ1) is 7.75. The van der Waals surface area contributed by atoms with Gasteiger partial charge in [0, 0.05) is 18.0 Å². The van der Waals surface area contributed by atoms with Gasteiger partial charge >= 0.3 is 0 Å². The summed E-state index contributed by atoms with van der Waals surface area (Å²) in [5.41, 5.74) is 8.52. The minimum absolute atomic E-state index is 0.176. The lowest BCUT2D eigenvalue weighted by atomic mass is 10.3. The summed E-state index contributed by atoms with van der Waals surface area (Å²) in [7, 11) is 0. The third kappa shape index (κ3) is 3.96. The van der Waals surface area contributed by atoms with Gasteiger partial charge in [-0.3, -0.25) is 4.79 Å². The molecule has 0 fully saturated rings. The quantitative estimate of drug-likeness (QED) is 0.377. The number of hydrogen-bond donors (Lipinski definition) is 1. The second-order valence-electron chi connectivity index (χ2n) is 3.03. The number of hydrogen-bond acceptors (Lipinski definition) is 3. The van der Waals surface area contributed by atoms with Crippen molar-refractivity contribution in [3.8, 4) is 0 Å². The predicted octanol–water partition coefficient (Wildman–Crippen LogP) is 2.86. The van der Waals surface area contributed by atoms with E-state index in [0.29, 0.717) is 23.3 Å². The topological polar surface area (TPSA) is 91.0 Å². The molecule has 0 radical (unpaired) electrons. The standard InChI is InChI=1S/C9H11BrN4O2/c10-8-7(3-6-16-8)9(15)12-4-1-2-5-13-14-11/h3,6H,1-2,4-5H2,(H,12,15). The fourth-order valence-electron chi connectivity index (χ4n) is 1.11. The van der Waals surface area contributed by atoms with Gasteiger partial charge in [-0.05, 0) is 40.4 Å². The number of carbonyl (C=O) groups is 1. The Labute approximate surface area is 101 Å². The van der Waals surface area contributed by atoms with Crippen LogP contribution in [0.1, 0.15) is 23.2 Å². The van der Waals surface area contributed by atoms with Gasteiger partial charge in [-0.1, -0.05) is 5.11 Å². The Morgan fingerprint density at radius 3 is 3.06 bits per heavy atom. The number of furan rings is 1. The molecule has 1 N–H and O–H groups in total. The highest BCUT2D eigenvalue weighted by molar-refractivity contribution is 9.10. The van der Waals surface area contributed by atoms with Crippen molar-refractivity contribution in [2.75, 3.05) is 13.1 Å². The molecule has 6 nitrogen and oxygen atoms in total. The van der Waals surface area contributed by atoms with Crippen LogP contribution in [0.2, 0.25) is 0 Å². The number of unbranched alkanes of at least 4 members (excludes halogenated alkanes) is 1. The molecule has 16 heavy (non-hydrogen) atoms. The van der Waals surface area contributed by atoms with Gasteiger partial charge in [0.1, 0.15) is 0 Å². The number of nitrogens with one attached hydrogen (secondary N) is 1. The highest BCUT2D eigenvalue weighted by atomic mass is 79.9. The van der Waals surface area contributed by atoms with Crippen LogP contribution in [0, 0.1) is 0 Å². The molecule has 0 bridgehead atoms. The highest BCUT2D eigenvalue weighted by Crippen LogP contribution is 2.16. The summed E-state index contributed by atoms with van der Waals surface area (Å²) in [5, 5.41) is 6.14. The smallest absolute Gasteiger partial charge is 0.255 e. The first-order valence-electron chi connectivity index (χ1n) is 4.77. The summed E-state index contributed by atoms with van der Waals surface area (Å²) in [6.45, 7) is 1.01. The van der Waals surface area contributed by atoms with E-state index in [1.807, 2.05) is 0 Å². The van der Waals surface area contributed by atoms with Gasteiger partial charge in [-0.15, -0.1) is 0 Å². The lowest BCUT2D eigenvalue weighted by Gasteiger charge is -2.02. The zero-order valence-electron chi connectivity index (χ0n) is 8.52. The molecule has 0 aliphatic rings. The molecule has 7 heteroatoms. The van der Waals surface area contributed by atoms with Crippen molar-refractivity contribution in [3.05, 3.63) is 33.0 Å². The Kier molecular flexibility index (Phi) is 5.45. The number of rotatable bonds is 6. The van der Waals surface area contributed by atoms with E-state index in [0.717, 1.165) is 12.8 Å². The normalized spacial score (nSPS) is 9.56. The van der Waals surface area contributed by atoms with Crippen molar-refractivity contribution in [2.24, 2.45) is 5.11 Å². The zero-order chi connectivity index (χ0) is 11.8. The van der Waals surface area contributed by atoms with Gasteiger partial charge in [0.2, 0.25) is 0 Å². The number of azide groups is 1. The maximum atomic E-state index is 11.5. The summed E-state index contributed by atoms with van der Waals surface area (Å²) in [5.74, 6) is -0.176. The molecule has 0 unspecified atom stereocenters. The fraction of sp³-hybridized carbons (Fsp3) is 0.444. The van der Waals surface area contributed by atoms with E-state index >= 15 is 0 Å². The monoisotopic (exact) mass is 286 g/mol. The van der Waals surface area contributed by atoms with Gasteiger partial charge in [-0.2, -0.15) is 0 Å². The molecular weight excluding hydrogens is 276 g/mol. The maximum Gasteiger partial charge on any atom is 0.255 e. The molecule has 1 aromatic heterocycles. The third-order valence-corrected chi connectivity index (χ3v) is 2.51. The maximum absolute atomic E-state index is 11.5. The van der Waals surface area contributed by atoms with Crippen molar-refractivity contribution in [2.45, 2.75) is 12.8 Å². The molecule has 0 aliphatic heterocycles. The largest absolute Gasteiger partial charge is 0.457 e. The molecular formula is C9H11BrN4O2. The van der Waals surface area contributed by atoms with Gasteiger partial charge in [0.15, 0.2) is 4.67 Å². The van der Waals surface area contributed by atoms with Crippen LogP contribution in [0.25, 0.3) is 10.4 Å². The Morgan fingerprint density at radius 2 is 2.44 bits per heavy atom. The second kappa shape index (κ2) is 6.92. The molecule has 1 aromatic rings. The fourth-order valence-corrected chi connectivity index (χ4v) is 1.53. The molecule has 0 aromatic carbocycles. The summed E-state index contributed by atoms with van der Waals surface area (Å²) < 4.78 is 5.38. The average molecular weight is 287 g/mol. The highest BCUT2D eigenvalue weighted by Gasteiger charge is 2.11. The van der Waals surface area contributed by atoms with Gasteiger partial charge < -0.3 is 9.73 Å². The first-order valence-corrected chi connectivity index (χ1v) is 5.57. The summed E-state index contributed by atoms with van der Waals surface area (Å²) in [6.07, 6.45) is 2.98. The van der Waals surface area contributed by atoms with Crippen LogP contribution in [0.5, 0.6) is 0 Å². The second-order valence-corrected chi connectivity index (χ2v) is 3.75. The van der Waals surface area contributed by atoms with E-state index in [1.54, 1.807) is 6.07 Å². The Morgan fingerprint density at radius 1 is 1.62 bits per heavy atom. The van der Waals surface area contributed by atoms with E-state index in [2.05, 4.69) is 31.3 Å². The van der Waals surface area contributed by atoms with Crippen LogP contribution < -0.4 is 5.32 Å². The van der Waals surface area contributed by atoms with Crippen molar-refractivity contribution in [1.82, 2.24) is 5.32 Å². The number of amides is 1. The zero-order valence-corrected chi connectivity index (χ0v) is 10.1. The SMILES string of the molecule is [N-]=[N+]=NCCCCNC(=O)c1ccoc1Br. The van der Waals surface area contributed by atoms with E-state index in [9.17, 15) is 4.79 Å². The lowest BCUT2D eigenvalue weighted by Crippen LogP contribution is -2.24. The number of carbonyl (C=O) groups excluding carboxylic acids is 1. The van der Waals surface area contributed by atoms with Crippen molar-refractivity contribution in [3.63, 3.8) is 0 Å². The summed E-state index contributed by atoms with van der Waals surface area (Å²) in [6, 6.07) is 1.60.